The third-order valence-electron chi connectivity index (χ3n) is 4.75. The van der Waals surface area contributed by atoms with Gasteiger partial charge in [-0.15, -0.1) is 0 Å². The van der Waals surface area contributed by atoms with Crippen molar-refractivity contribution in [2.75, 3.05) is 5.75 Å². The molecule has 178 valence electrons. The number of carbonyl (C=O) groups excluding carboxylic acids is 2. The van der Waals surface area contributed by atoms with E-state index in [2.05, 4.69) is 5.16 Å². The van der Waals surface area contributed by atoms with Crippen molar-refractivity contribution in [1.82, 2.24) is 4.90 Å². The fraction of sp³-hybridized carbons (Fsp3) is 0.409. The fourth-order valence-electron chi connectivity index (χ4n) is 3.47. The molecule has 0 aliphatic carbocycles. The summed E-state index contributed by atoms with van der Waals surface area (Å²) in [5.41, 5.74) is 0.483. The van der Waals surface area contributed by atoms with Gasteiger partial charge in [0.2, 0.25) is 0 Å². The fourth-order valence-corrected chi connectivity index (χ4v) is 5.77. The first kappa shape index (κ1) is 25.3. The van der Waals surface area contributed by atoms with Crippen LogP contribution in [0.25, 0.3) is 0 Å². The number of β-lactam (4-membered cyclic amide) rings is 1. The van der Waals surface area contributed by atoms with Gasteiger partial charge in [-0.3, -0.25) is 9.69 Å². The highest BCUT2D eigenvalue weighted by Gasteiger charge is 2.56. The van der Waals surface area contributed by atoms with Gasteiger partial charge >= 0.3 is 5.97 Å². The van der Waals surface area contributed by atoms with Gasteiger partial charge in [-0.05, 0) is 64.0 Å². The molecule has 0 aromatic heterocycles. The number of halogens is 2. The largest absolute Gasteiger partial charge is 0.455 e. The Morgan fingerprint density at radius 1 is 1.27 bits per heavy atom. The number of hydrogen-bond donors (Lipinski definition) is 0. The van der Waals surface area contributed by atoms with Gasteiger partial charge in [0.05, 0.1) is 27.1 Å². The second kappa shape index (κ2) is 9.12. The van der Waals surface area contributed by atoms with Crippen molar-refractivity contribution in [3.63, 3.8) is 0 Å². The van der Waals surface area contributed by atoms with Crippen LogP contribution in [0.15, 0.2) is 46.3 Å². The number of esters is 1. The van der Waals surface area contributed by atoms with Crippen molar-refractivity contribution in [2.45, 2.75) is 52.2 Å². The molecule has 1 saturated heterocycles. The molecule has 1 amide bonds. The van der Waals surface area contributed by atoms with Gasteiger partial charge in [0, 0.05) is 0 Å². The quantitative estimate of drug-likeness (QED) is 0.193. The summed E-state index contributed by atoms with van der Waals surface area (Å²) < 4.78 is 31.0. The van der Waals surface area contributed by atoms with Crippen LogP contribution in [0.1, 0.15) is 40.2 Å². The average molecular weight is 515 g/mol. The van der Waals surface area contributed by atoms with Gasteiger partial charge < -0.3 is 9.57 Å². The molecule has 1 aromatic rings. The summed E-state index contributed by atoms with van der Waals surface area (Å²) in [7, 11) is -3.74. The SMILES string of the molecule is CC1=C(C(=O)OC(C)(C)C)N2C(=O)/C(=C/C(C)=N/OCc3ccc(Cl)c(Cl)c3)C2S(=O)(=O)C1. The number of hydrogen-bond acceptors (Lipinski definition) is 7. The highest BCUT2D eigenvalue weighted by molar-refractivity contribution is 7.92. The summed E-state index contributed by atoms with van der Waals surface area (Å²) in [5, 5.41) is 3.46. The first-order chi connectivity index (χ1) is 15.2. The zero-order chi connectivity index (χ0) is 24.7. The van der Waals surface area contributed by atoms with Gasteiger partial charge in [-0.25, -0.2) is 13.2 Å². The van der Waals surface area contributed by atoms with Gasteiger partial charge in [-0.2, -0.15) is 0 Å². The van der Waals surface area contributed by atoms with E-state index in [1.165, 1.54) is 13.0 Å². The topological polar surface area (TPSA) is 102 Å². The molecule has 0 saturated carbocycles. The van der Waals surface area contributed by atoms with E-state index in [0.29, 0.717) is 15.8 Å². The lowest BCUT2D eigenvalue weighted by Crippen LogP contribution is -2.62. The number of benzene rings is 1. The molecule has 0 radical (unpaired) electrons. The van der Waals surface area contributed by atoms with Crippen molar-refractivity contribution < 1.29 is 27.6 Å². The summed E-state index contributed by atoms with van der Waals surface area (Å²) in [6.45, 7) is 8.26. The molecular formula is C22H24Cl2N2O6S. The van der Waals surface area contributed by atoms with E-state index in [1.807, 2.05) is 0 Å². The zero-order valence-electron chi connectivity index (χ0n) is 18.8. The predicted octanol–water partition coefficient (Wildman–Crippen LogP) is 4.02. The van der Waals surface area contributed by atoms with E-state index in [0.717, 1.165) is 10.5 Å². The Bertz CT molecular complexity index is 1210. The lowest BCUT2D eigenvalue weighted by atomic mass is 10.0. The van der Waals surface area contributed by atoms with Crippen molar-refractivity contribution in [3.8, 4) is 0 Å². The smallest absolute Gasteiger partial charge is 0.355 e. The van der Waals surface area contributed by atoms with Crippen LogP contribution in [-0.4, -0.2) is 47.6 Å². The molecule has 33 heavy (non-hydrogen) atoms. The maximum atomic E-state index is 12.8. The minimum absolute atomic E-state index is 0.0166. The highest BCUT2D eigenvalue weighted by atomic mass is 35.5. The van der Waals surface area contributed by atoms with Crippen molar-refractivity contribution in [1.29, 1.82) is 0 Å². The Balaban J connectivity index is 1.80. The van der Waals surface area contributed by atoms with Crippen LogP contribution in [0.3, 0.4) is 0 Å². The Morgan fingerprint density at radius 3 is 2.55 bits per heavy atom. The van der Waals surface area contributed by atoms with Gasteiger partial charge in [0.15, 0.2) is 15.2 Å². The molecule has 2 aliphatic heterocycles. The maximum Gasteiger partial charge on any atom is 0.355 e. The van der Waals surface area contributed by atoms with E-state index in [-0.39, 0.29) is 29.2 Å². The van der Waals surface area contributed by atoms with E-state index < -0.39 is 32.7 Å². The molecule has 0 bridgehead atoms. The van der Waals surface area contributed by atoms with Crippen LogP contribution in [0, 0.1) is 0 Å². The van der Waals surface area contributed by atoms with Crippen molar-refractivity contribution >= 4 is 50.6 Å². The Hall–Kier alpha value is -2.36. The summed E-state index contributed by atoms with van der Waals surface area (Å²) in [4.78, 5) is 31.8. The predicted molar refractivity (Wildman–Crippen MR) is 125 cm³/mol. The van der Waals surface area contributed by atoms with Crippen molar-refractivity contribution in [2.24, 2.45) is 5.16 Å². The van der Waals surface area contributed by atoms with Crippen LogP contribution < -0.4 is 0 Å². The van der Waals surface area contributed by atoms with E-state index >= 15 is 0 Å². The molecular weight excluding hydrogens is 491 g/mol. The molecule has 2 aliphatic rings. The second-order valence-corrected chi connectivity index (χ2v) is 11.7. The first-order valence-corrected chi connectivity index (χ1v) is 12.5. The maximum absolute atomic E-state index is 12.8. The van der Waals surface area contributed by atoms with Crippen LogP contribution in [0.2, 0.25) is 10.0 Å². The molecule has 1 atom stereocenters. The molecule has 11 heteroatoms. The van der Waals surface area contributed by atoms with Gasteiger partial charge in [0.1, 0.15) is 17.9 Å². The van der Waals surface area contributed by atoms with Gasteiger partial charge in [0.25, 0.3) is 5.91 Å². The standard InChI is InChI=1S/C22H24Cl2N2O6S/c1-12-11-33(29,30)20-15(19(27)26(20)18(12)21(28)32-22(3,4)5)8-13(2)25-31-10-14-6-7-16(23)17(24)9-14/h6-9,20H,10-11H2,1-5H3/b15-8-,25-13+. The number of sulfone groups is 1. The van der Waals surface area contributed by atoms with Crippen LogP contribution in [-0.2, 0) is 35.6 Å². The number of amides is 1. The number of allylic oxidation sites excluding steroid dienone is 1. The number of rotatable bonds is 5. The minimum Gasteiger partial charge on any atom is -0.455 e. The summed E-state index contributed by atoms with van der Waals surface area (Å²) in [6.07, 6.45) is 1.35. The molecule has 0 N–H and O–H groups in total. The van der Waals surface area contributed by atoms with Crippen LogP contribution in [0.4, 0.5) is 0 Å². The highest BCUT2D eigenvalue weighted by Crippen LogP contribution is 2.40. The number of carbonyl (C=O) groups is 2. The zero-order valence-corrected chi connectivity index (χ0v) is 21.1. The van der Waals surface area contributed by atoms with Crippen LogP contribution >= 0.6 is 23.2 Å². The third-order valence-corrected chi connectivity index (χ3v) is 7.47. The van der Waals surface area contributed by atoms with E-state index in [1.54, 1.807) is 45.9 Å². The molecule has 0 spiro atoms. The third kappa shape index (κ3) is 5.42. The molecule has 1 fully saturated rings. The Kier molecular flexibility index (Phi) is 6.98. The normalized spacial score (nSPS) is 21.6. The monoisotopic (exact) mass is 514 g/mol. The Labute approximate surface area is 202 Å². The van der Waals surface area contributed by atoms with E-state index in [9.17, 15) is 18.0 Å². The summed E-state index contributed by atoms with van der Waals surface area (Å²) in [5.74, 6) is -1.68. The van der Waals surface area contributed by atoms with Crippen LogP contribution in [0.5, 0.6) is 0 Å². The average Bonchev–Trinajstić information content (AvgIpc) is 2.66. The molecule has 3 rings (SSSR count). The van der Waals surface area contributed by atoms with Crippen molar-refractivity contribution in [3.05, 3.63) is 56.7 Å². The summed E-state index contributed by atoms with van der Waals surface area (Å²) in [6, 6.07) is 5.00. The van der Waals surface area contributed by atoms with E-state index in [4.69, 9.17) is 32.8 Å². The number of nitrogens with zero attached hydrogens (tertiary/aromatic N) is 2. The number of fused-ring (bicyclic) bond motifs is 1. The first-order valence-electron chi connectivity index (χ1n) is 10.0. The lowest BCUT2D eigenvalue weighted by molar-refractivity contribution is -0.155. The molecule has 1 aromatic carbocycles. The number of oxime groups is 1. The molecule has 2 heterocycles. The lowest BCUT2D eigenvalue weighted by Gasteiger charge is -2.45. The minimum atomic E-state index is -3.74. The summed E-state index contributed by atoms with van der Waals surface area (Å²) >= 11 is 11.9. The molecule has 8 nitrogen and oxygen atoms in total. The number of ether oxygens (including phenoxy) is 1. The molecule has 1 unspecified atom stereocenters. The second-order valence-electron chi connectivity index (χ2n) is 8.82. The van der Waals surface area contributed by atoms with Gasteiger partial charge in [-0.1, -0.05) is 34.4 Å². The Morgan fingerprint density at radius 2 is 1.94 bits per heavy atom.